The monoisotopic (exact) mass is 276 g/mol. The first kappa shape index (κ1) is 14.2. The largest absolute Gasteiger partial charge is 0.392 e. The molecule has 5 nitrogen and oxygen atoms in total. The van der Waals surface area contributed by atoms with Gasteiger partial charge in [-0.25, -0.2) is 8.42 Å². The Morgan fingerprint density at radius 1 is 1.17 bits per heavy atom. The van der Waals surface area contributed by atoms with E-state index in [1.807, 2.05) is 0 Å². The van der Waals surface area contributed by atoms with Gasteiger partial charge in [-0.1, -0.05) is 0 Å². The van der Waals surface area contributed by atoms with Gasteiger partial charge in [0.2, 0.25) is 10.0 Å². The number of nitrogens with zero attached hydrogens (tertiary/aromatic N) is 2. The zero-order valence-electron chi connectivity index (χ0n) is 11.2. The minimum atomic E-state index is -3.11. The first-order valence-corrected chi connectivity index (χ1v) is 8.31. The van der Waals surface area contributed by atoms with Crippen LogP contribution in [0, 0.1) is 5.92 Å². The second-order valence-corrected chi connectivity index (χ2v) is 8.19. The molecule has 0 amide bonds. The predicted octanol–water partition coefficient (Wildman–Crippen LogP) is 0.113. The Hall–Kier alpha value is -0.170. The number of sulfonamides is 1. The van der Waals surface area contributed by atoms with Gasteiger partial charge in [0, 0.05) is 32.7 Å². The lowest BCUT2D eigenvalue weighted by atomic mass is 10.2. The van der Waals surface area contributed by atoms with Crippen molar-refractivity contribution in [3.8, 4) is 0 Å². The van der Waals surface area contributed by atoms with E-state index in [-0.39, 0.29) is 11.4 Å². The zero-order chi connectivity index (χ0) is 13.3. The Bertz CT molecular complexity index is 371. The van der Waals surface area contributed by atoms with Crippen molar-refractivity contribution in [3.63, 3.8) is 0 Å². The van der Waals surface area contributed by atoms with Gasteiger partial charge in [0.05, 0.1) is 11.4 Å². The molecule has 2 aliphatic rings. The van der Waals surface area contributed by atoms with Crippen LogP contribution < -0.4 is 0 Å². The third kappa shape index (κ3) is 3.23. The quantitative estimate of drug-likeness (QED) is 0.774. The highest BCUT2D eigenvalue weighted by atomic mass is 32.2. The summed E-state index contributed by atoms with van der Waals surface area (Å²) in [5.74, 6) is 0.488. The lowest BCUT2D eigenvalue weighted by Crippen LogP contribution is -2.51. The molecule has 6 heteroatoms. The summed E-state index contributed by atoms with van der Waals surface area (Å²) in [6.07, 6.45) is 2.06. The van der Waals surface area contributed by atoms with Crippen LogP contribution in [0.4, 0.5) is 0 Å². The summed E-state index contributed by atoms with van der Waals surface area (Å²) >= 11 is 0. The van der Waals surface area contributed by atoms with Crippen molar-refractivity contribution in [3.05, 3.63) is 0 Å². The van der Waals surface area contributed by atoms with Gasteiger partial charge in [-0.3, -0.25) is 4.90 Å². The molecule has 1 aliphatic carbocycles. The molecule has 0 unspecified atom stereocenters. The molecule has 1 atom stereocenters. The number of aliphatic hydroxyl groups is 1. The summed E-state index contributed by atoms with van der Waals surface area (Å²) in [4.78, 5) is 2.18. The highest BCUT2D eigenvalue weighted by Gasteiger charge is 2.33. The van der Waals surface area contributed by atoms with E-state index in [9.17, 15) is 13.5 Å². The van der Waals surface area contributed by atoms with Crippen LogP contribution in [0.1, 0.15) is 26.7 Å². The fourth-order valence-corrected chi connectivity index (χ4v) is 3.63. The molecular formula is C12H24N2O3S. The minimum absolute atomic E-state index is 0.224. The maximum absolute atomic E-state index is 12.0. The minimum Gasteiger partial charge on any atom is -0.392 e. The molecule has 0 aromatic rings. The van der Waals surface area contributed by atoms with Crippen LogP contribution in [-0.2, 0) is 10.0 Å². The van der Waals surface area contributed by atoms with E-state index < -0.39 is 10.0 Å². The number of piperazine rings is 1. The standard InChI is InChI=1S/C12H24N2O3S/c1-10(2)18(16,17)14-7-5-13(6-8-14)9-12(15)11-3-4-11/h10-12,15H,3-9H2,1-2H3/t12-/m1/s1. The molecule has 0 radical (unpaired) electrons. The van der Waals surface area contributed by atoms with E-state index in [1.165, 1.54) is 0 Å². The third-order valence-electron chi connectivity index (χ3n) is 3.90. The van der Waals surface area contributed by atoms with Gasteiger partial charge in [0.25, 0.3) is 0 Å². The average molecular weight is 276 g/mol. The molecule has 1 N–H and O–H groups in total. The van der Waals surface area contributed by atoms with Crippen LogP contribution in [0.5, 0.6) is 0 Å². The van der Waals surface area contributed by atoms with Crippen LogP contribution in [0.3, 0.4) is 0 Å². The molecule has 0 aromatic heterocycles. The molecule has 2 fully saturated rings. The van der Waals surface area contributed by atoms with Crippen molar-refractivity contribution in [2.45, 2.75) is 38.0 Å². The average Bonchev–Trinajstić information content (AvgIpc) is 3.13. The summed E-state index contributed by atoms with van der Waals surface area (Å²) < 4.78 is 25.6. The maximum atomic E-state index is 12.0. The second-order valence-electron chi connectivity index (χ2n) is 5.70. The van der Waals surface area contributed by atoms with E-state index in [2.05, 4.69) is 4.90 Å². The molecule has 0 aromatic carbocycles. The highest BCUT2D eigenvalue weighted by molar-refractivity contribution is 7.89. The number of aliphatic hydroxyl groups excluding tert-OH is 1. The third-order valence-corrected chi connectivity index (χ3v) is 6.17. The molecule has 0 spiro atoms. The van der Waals surface area contributed by atoms with Gasteiger partial charge in [-0.05, 0) is 32.6 Å². The number of rotatable bonds is 5. The Balaban J connectivity index is 1.80. The molecule has 1 saturated carbocycles. The van der Waals surface area contributed by atoms with Crippen molar-refractivity contribution in [2.75, 3.05) is 32.7 Å². The molecule has 1 aliphatic heterocycles. The topological polar surface area (TPSA) is 60.9 Å². The van der Waals surface area contributed by atoms with E-state index in [0.29, 0.717) is 25.6 Å². The highest BCUT2D eigenvalue weighted by Crippen LogP contribution is 2.32. The summed E-state index contributed by atoms with van der Waals surface area (Å²) in [5, 5.41) is 9.54. The van der Waals surface area contributed by atoms with Crippen molar-refractivity contribution in [1.82, 2.24) is 9.21 Å². The summed E-state index contributed by atoms with van der Waals surface area (Å²) in [6.45, 7) is 6.71. The fourth-order valence-electron chi connectivity index (χ4n) is 2.36. The van der Waals surface area contributed by atoms with Gasteiger partial charge in [-0.2, -0.15) is 4.31 Å². The summed E-state index contributed by atoms with van der Waals surface area (Å²) in [7, 11) is -3.11. The van der Waals surface area contributed by atoms with Crippen molar-refractivity contribution in [2.24, 2.45) is 5.92 Å². The number of hydrogen-bond donors (Lipinski definition) is 1. The molecule has 106 valence electrons. The van der Waals surface area contributed by atoms with Crippen LogP contribution in [-0.4, -0.2) is 66.8 Å². The molecular weight excluding hydrogens is 252 g/mol. The van der Waals surface area contributed by atoms with E-state index in [1.54, 1.807) is 18.2 Å². The van der Waals surface area contributed by atoms with E-state index in [0.717, 1.165) is 25.9 Å². The Morgan fingerprint density at radius 2 is 1.72 bits per heavy atom. The summed E-state index contributed by atoms with van der Waals surface area (Å²) in [5.41, 5.74) is 0. The fraction of sp³-hybridized carbons (Fsp3) is 1.00. The SMILES string of the molecule is CC(C)S(=O)(=O)N1CCN(C[C@@H](O)C2CC2)CC1. The van der Waals surface area contributed by atoms with Gasteiger partial charge in [-0.15, -0.1) is 0 Å². The van der Waals surface area contributed by atoms with Gasteiger partial charge in [0.15, 0.2) is 0 Å². The lowest BCUT2D eigenvalue weighted by molar-refractivity contribution is 0.0781. The van der Waals surface area contributed by atoms with Gasteiger partial charge >= 0.3 is 0 Å². The summed E-state index contributed by atoms with van der Waals surface area (Å²) in [6, 6.07) is 0. The second kappa shape index (κ2) is 5.45. The predicted molar refractivity (Wildman–Crippen MR) is 70.8 cm³/mol. The van der Waals surface area contributed by atoms with Crippen LogP contribution >= 0.6 is 0 Å². The van der Waals surface area contributed by atoms with E-state index in [4.69, 9.17) is 0 Å². The van der Waals surface area contributed by atoms with Gasteiger partial charge < -0.3 is 5.11 Å². The Morgan fingerprint density at radius 3 is 2.17 bits per heavy atom. The number of β-amino-alcohol motifs (C(OH)–C–C–N with tert-alkyl or cyclic N) is 1. The Labute approximate surface area is 110 Å². The van der Waals surface area contributed by atoms with Crippen molar-refractivity contribution >= 4 is 10.0 Å². The molecule has 0 bridgehead atoms. The van der Waals surface area contributed by atoms with Crippen LogP contribution in [0.15, 0.2) is 0 Å². The molecule has 1 saturated heterocycles. The normalized spacial score (nSPS) is 25.6. The first-order chi connectivity index (χ1) is 8.41. The Kier molecular flexibility index (Phi) is 4.31. The smallest absolute Gasteiger partial charge is 0.216 e. The first-order valence-electron chi connectivity index (χ1n) is 6.80. The molecule has 18 heavy (non-hydrogen) atoms. The zero-order valence-corrected chi connectivity index (χ0v) is 12.1. The molecule has 2 rings (SSSR count). The van der Waals surface area contributed by atoms with Crippen molar-refractivity contribution < 1.29 is 13.5 Å². The van der Waals surface area contributed by atoms with Crippen LogP contribution in [0.2, 0.25) is 0 Å². The maximum Gasteiger partial charge on any atom is 0.216 e. The van der Waals surface area contributed by atoms with Gasteiger partial charge in [0.1, 0.15) is 0 Å². The molecule has 1 heterocycles. The van der Waals surface area contributed by atoms with E-state index >= 15 is 0 Å². The van der Waals surface area contributed by atoms with Crippen molar-refractivity contribution in [1.29, 1.82) is 0 Å². The van der Waals surface area contributed by atoms with Crippen LogP contribution in [0.25, 0.3) is 0 Å². The lowest BCUT2D eigenvalue weighted by Gasteiger charge is -2.35. The number of hydrogen-bond acceptors (Lipinski definition) is 4.